The number of carbonyl (C=O) groups excluding carboxylic acids is 1. The molecule has 33 heavy (non-hydrogen) atoms. The van der Waals surface area contributed by atoms with Crippen LogP contribution in [-0.4, -0.2) is 26.0 Å². The van der Waals surface area contributed by atoms with Gasteiger partial charge < -0.3 is 14.8 Å². The maximum Gasteiger partial charge on any atom is 0.258 e. The van der Waals surface area contributed by atoms with Gasteiger partial charge >= 0.3 is 0 Å². The summed E-state index contributed by atoms with van der Waals surface area (Å²) in [6, 6.07) is 12.2. The Hall–Kier alpha value is -3.72. The second-order valence-corrected chi connectivity index (χ2v) is 8.39. The molecule has 0 aliphatic carbocycles. The van der Waals surface area contributed by atoms with E-state index in [1.807, 2.05) is 26.8 Å². The van der Waals surface area contributed by atoms with Crippen LogP contribution >= 0.6 is 11.8 Å². The molecule has 4 rings (SSSR count). The second kappa shape index (κ2) is 9.83. The number of thioether (sulfide) groups is 1. The van der Waals surface area contributed by atoms with Crippen molar-refractivity contribution in [1.82, 2.24) is 20.1 Å². The van der Waals surface area contributed by atoms with E-state index in [2.05, 4.69) is 25.4 Å². The van der Waals surface area contributed by atoms with Crippen molar-refractivity contribution in [2.75, 3.05) is 5.32 Å². The molecule has 0 aliphatic heterocycles. The summed E-state index contributed by atoms with van der Waals surface area (Å²) in [5.41, 5.74) is 4.10. The standard InChI is InChI=1S/C24H23N5O3S/c1-4-17-12-21(30)28-22(26-17)16-7-5-8-18(11-16)27-23(31)19-9-6-10-25-24(19)33-13-20-14(2)29-32-15(20)3/h5-12H,4,13H2,1-3H3,(H,27,31)(H,26,28,30). The first kappa shape index (κ1) is 22.5. The molecule has 0 atom stereocenters. The molecule has 0 saturated carbocycles. The number of benzene rings is 1. The number of hydrogen-bond acceptors (Lipinski definition) is 7. The maximum atomic E-state index is 13.1. The molecule has 3 aromatic heterocycles. The number of anilines is 1. The summed E-state index contributed by atoms with van der Waals surface area (Å²) in [5, 5.41) is 7.52. The summed E-state index contributed by atoms with van der Waals surface area (Å²) < 4.78 is 5.22. The molecule has 9 heteroatoms. The van der Waals surface area contributed by atoms with Crippen LogP contribution in [0.2, 0.25) is 0 Å². The van der Waals surface area contributed by atoms with E-state index in [4.69, 9.17) is 4.52 Å². The fourth-order valence-electron chi connectivity index (χ4n) is 3.30. The fourth-order valence-corrected chi connectivity index (χ4v) is 4.44. The number of H-pyrrole nitrogens is 1. The van der Waals surface area contributed by atoms with Crippen molar-refractivity contribution in [2.24, 2.45) is 0 Å². The number of nitrogens with one attached hydrogen (secondary N) is 2. The predicted octanol–water partition coefficient (Wildman–Crippen LogP) is 4.54. The molecule has 0 aliphatic rings. The minimum absolute atomic E-state index is 0.207. The van der Waals surface area contributed by atoms with Crippen LogP contribution in [0.3, 0.4) is 0 Å². The Balaban J connectivity index is 1.54. The summed E-state index contributed by atoms with van der Waals surface area (Å²) in [6.45, 7) is 5.70. The quantitative estimate of drug-likeness (QED) is 0.388. The number of aryl methyl sites for hydroxylation is 3. The predicted molar refractivity (Wildman–Crippen MR) is 127 cm³/mol. The van der Waals surface area contributed by atoms with Crippen LogP contribution in [0.5, 0.6) is 0 Å². The van der Waals surface area contributed by atoms with E-state index < -0.39 is 0 Å². The third-order valence-electron chi connectivity index (χ3n) is 5.10. The minimum atomic E-state index is -0.273. The molecule has 8 nitrogen and oxygen atoms in total. The lowest BCUT2D eigenvalue weighted by atomic mass is 10.1. The van der Waals surface area contributed by atoms with Gasteiger partial charge in [-0.25, -0.2) is 9.97 Å². The number of nitrogens with zero attached hydrogens (tertiary/aromatic N) is 3. The number of aromatic amines is 1. The molecule has 0 spiro atoms. The molecule has 3 heterocycles. The Morgan fingerprint density at radius 3 is 2.79 bits per heavy atom. The van der Waals surface area contributed by atoms with Gasteiger partial charge in [-0.05, 0) is 44.5 Å². The van der Waals surface area contributed by atoms with Crippen molar-refractivity contribution in [3.63, 3.8) is 0 Å². The van der Waals surface area contributed by atoms with Gasteiger partial charge in [0.25, 0.3) is 11.5 Å². The summed E-state index contributed by atoms with van der Waals surface area (Å²) in [4.78, 5) is 36.6. The van der Waals surface area contributed by atoms with Gasteiger partial charge in [-0.3, -0.25) is 9.59 Å². The second-order valence-electron chi connectivity index (χ2n) is 7.42. The average Bonchev–Trinajstić information content (AvgIpc) is 3.14. The fraction of sp³-hybridized carbons (Fsp3) is 0.208. The Bertz CT molecular complexity index is 1340. The lowest BCUT2D eigenvalue weighted by Gasteiger charge is -2.10. The van der Waals surface area contributed by atoms with Crippen molar-refractivity contribution >= 4 is 23.4 Å². The molecule has 0 saturated heterocycles. The SMILES string of the molecule is CCc1cc(=O)[nH]c(-c2cccc(NC(=O)c3cccnc3SCc3c(C)noc3C)c2)n1. The molecule has 0 radical (unpaired) electrons. The van der Waals surface area contributed by atoms with E-state index in [0.717, 1.165) is 17.0 Å². The van der Waals surface area contributed by atoms with Crippen LogP contribution < -0.4 is 10.9 Å². The topological polar surface area (TPSA) is 114 Å². The van der Waals surface area contributed by atoms with Gasteiger partial charge in [-0.15, -0.1) is 11.8 Å². The zero-order valence-electron chi connectivity index (χ0n) is 18.5. The Morgan fingerprint density at radius 2 is 2.03 bits per heavy atom. The molecule has 0 fully saturated rings. The largest absolute Gasteiger partial charge is 0.361 e. The third kappa shape index (κ3) is 5.20. The van der Waals surface area contributed by atoms with Crippen molar-refractivity contribution < 1.29 is 9.32 Å². The molecule has 1 aromatic carbocycles. The first-order valence-corrected chi connectivity index (χ1v) is 11.4. The molecule has 4 aromatic rings. The Morgan fingerprint density at radius 1 is 1.18 bits per heavy atom. The van der Waals surface area contributed by atoms with Crippen LogP contribution in [-0.2, 0) is 12.2 Å². The third-order valence-corrected chi connectivity index (χ3v) is 6.13. The lowest BCUT2D eigenvalue weighted by molar-refractivity contribution is 0.102. The van der Waals surface area contributed by atoms with Crippen LogP contribution in [0.4, 0.5) is 5.69 Å². The van der Waals surface area contributed by atoms with Crippen LogP contribution in [0.1, 0.15) is 40.0 Å². The van der Waals surface area contributed by atoms with E-state index in [9.17, 15) is 9.59 Å². The summed E-state index contributed by atoms with van der Waals surface area (Å²) in [6.07, 6.45) is 2.32. The van der Waals surface area contributed by atoms with Gasteiger partial charge in [0.2, 0.25) is 0 Å². The van der Waals surface area contributed by atoms with E-state index in [-0.39, 0.29) is 11.5 Å². The Kier molecular flexibility index (Phi) is 6.69. The van der Waals surface area contributed by atoms with Gasteiger partial charge in [0.15, 0.2) is 0 Å². The van der Waals surface area contributed by atoms with Crippen molar-refractivity contribution in [1.29, 1.82) is 0 Å². The zero-order valence-corrected chi connectivity index (χ0v) is 19.3. The molecule has 0 unspecified atom stereocenters. The minimum Gasteiger partial charge on any atom is -0.361 e. The summed E-state index contributed by atoms with van der Waals surface area (Å²) >= 11 is 1.46. The lowest BCUT2D eigenvalue weighted by Crippen LogP contribution is -2.14. The van der Waals surface area contributed by atoms with Gasteiger partial charge in [-0.2, -0.15) is 0 Å². The number of hydrogen-bond donors (Lipinski definition) is 2. The molecule has 1 amide bonds. The molecule has 0 bridgehead atoms. The summed E-state index contributed by atoms with van der Waals surface area (Å²) in [7, 11) is 0. The van der Waals surface area contributed by atoms with Gasteiger partial charge in [0, 0.05) is 40.5 Å². The van der Waals surface area contributed by atoms with Crippen molar-refractivity contribution in [3.05, 3.63) is 87.3 Å². The van der Waals surface area contributed by atoms with E-state index in [1.165, 1.54) is 17.8 Å². The number of carbonyl (C=O) groups is 1. The highest BCUT2D eigenvalue weighted by Crippen LogP contribution is 2.28. The number of aromatic nitrogens is 4. The number of rotatable bonds is 7. The zero-order chi connectivity index (χ0) is 23.4. The van der Waals surface area contributed by atoms with E-state index >= 15 is 0 Å². The van der Waals surface area contributed by atoms with Crippen molar-refractivity contribution in [2.45, 2.75) is 38.0 Å². The van der Waals surface area contributed by atoms with Crippen LogP contribution in [0, 0.1) is 13.8 Å². The van der Waals surface area contributed by atoms with Gasteiger partial charge in [-0.1, -0.05) is 24.2 Å². The molecule has 168 valence electrons. The van der Waals surface area contributed by atoms with Gasteiger partial charge in [0.1, 0.15) is 16.6 Å². The van der Waals surface area contributed by atoms with E-state index in [1.54, 1.807) is 36.5 Å². The summed E-state index contributed by atoms with van der Waals surface area (Å²) in [5.74, 6) is 1.55. The monoisotopic (exact) mass is 461 g/mol. The van der Waals surface area contributed by atoms with Gasteiger partial charge in [0.05, 0.1) is 11.3 Å². The maximum absolute atomic E-state index is 13.1. The average molecular weight is 462 g/mol. The highest BCUT2D eigenvalue weighted by atomic mass is 32.2. The number of amides is 1. The normalized spacial score (nSPS) is 10.9. The van der Waals surface area contributed by atoms with Crippen LogP contribution in [0.15, 0.2) is 63.0 Å². The van der Waals surface area contributed by atoms with Crippen molar-refractivity contribution in [3.8, 4) is 11.4 Å². The van der Waals surface area contributed by atoms with E-state index in [0.29, 0.717) is 45.5 Å². The first-order chi connectivity index (χ1) is 15.9. The number of pyridine rings is 1. The first-order valence-electron chi connectivity index (χ1n) is 10.5. The highest BCUT2D eigenvalue weighted by Gasteiger charge is 2.16. The molecule has 2 N–H and O–H groups in total. The smallest absolute Gasteiger partial charge is 0.258 e. The Labute approximate surface area is 194 Å². The molecular formula is C24H23N5O3S. The highest BCUT2D eigenvalue weighted by molar-refractivity contribution is 7.98. The molecular weight excluding hydrogens is 438 g/mol. The van der Waals surface area contributed by atoms with Crippen LogP contribution in [0.25, 0.3) is 11.4 Å².